The summed E-state index contributed by atoms with van der Waals surface area (Å²) in [5.41, 5.74) is 7.57. The Balaban J connectivity index is 2.13. The number of nitrogens with two attached hydrogens (primary N) is 1. The summed E-state index contributed by atoms with van der Waals surface area (Å²) < 4.78 is 5.27. The third-order valence-corrected chi connectivity index (χ3v) is 4.09. The number of hydrogen-bond acceptors (Lipinski definition) is 3. The predicted octanol–water partition coefficient (Wildman–Crippen LogP) is 0.893. The van der Waals surface area contributed by atoms with E-state index in [-0.39, 0.29) is 12.0 Å². The van der Waals surface area contributed by atoms with E-state index in [1.165, 1.54) is 0 Å². The van der Waals surface area contributed by atoms with E-state index in [4.69, 9.17) is 10.5 Å². The van der Waals surface area contributed by atoms with Gasteiger partial charge in [-0.1, -0.05) is 31.2 Å². The van der Waals surface area contributed by atoms with Gasteiger partial charge in [0, 0.05) is 20.1 Å². The van der Waals surface area contributed by atoms with Crippen molar-refractivity contribution in [3.05, 3.63) is 35.4 Å². The molecule has 0 saturated carbocycles. The maximum atomic E-state index is 12.5. The molecule has 0 unspecified atom stereocenters. The number of primary amides is 1. The van der Waals surface area contributed by atoms with Crippen molar-refractivity contribution in [2.45, 2.75) is 38.3 Å². The minimum atomic E-state index is -0.559. The van der Waals surface area contributed by atoms with Gasteiger partial charge in [-0.25, -0.2) is 0 Å². The molecule has 2 amide bonds. The maximum Gasteiger partial charge on any atom is 0.240 e. The largest absolute Gasteiger partial charge is 0.380 e. The summed E-state index contributed by atoms with van der Waals surface area (Å²) in [5, 5.41) is 0. The van der Waals surface area contributed by atoms with Crippen molar-refractivity contribution in [2.75, 3.05) is 13.7 Å². The van der Waals surface area contributed by atoms with Crippen LogP contribution in [0.1, 0.15) is 24.5 Å². The second-order valence-electron chi connectivity index (χ2n) is 5.36. The van der Waals surface area contributed by atoms with Crippen LogP contribution in [0.4, 0.5) is 0 Å². The van der Waals surface area contributed by atoms with Crippen LogP contribution in [0, 0.1) is 0 Å². The molecule has 0 aromatic heterocycles. The van der Waals surface area contributed by atoms with E-state index in [1.807, 2.05) is 24.3 Å². The summed E-state index contributed by atoms with van der Waals surface area (Å²) in [5.74, 6) is -0.536. The monoisotopic (exact) mass is 290 g/mol. The Hall–Kier alpha value is -1.88. The van der Waals surface area contributed by atoms with Gasteiger partial charge in [-0.15, -0.1) is 0 Å². The zero-order chi connectivity index (χ0) is 15.4. The van der Waals surface area contributed by atoms with Crippen LogP contribution in [0.5, 0.6) is 0 Å². The molecule has 2 rings (SSSR count). The number of nitrogens with zero attached hydrogens (tertiary/aromatic N) is 1. The van der Waals surface area contributed by atoms with Crippen LogP contribution in [-0.2, 0) is 27.2 Å². The molecule has 1 heterocycles. The number of benzene rings is 1. The van der Waals surface area contributed by atoms with Crippen LogP contribution < -0.4 is 5.73 Å². The van der Waals surface area contributed by atoms with Crippen molar-refractivity contribution in [2.24, 2.45) is 5.73 Å². The maximum absolute atomic E-state index is 12.5. The zero-order valence-electron chi connectivity index (χ0n) is 12.5. The lowest BCUT2D eigenvalue weighted by atomic mass is 10.0. The van der Waals surface area contributed by atoms with Crippen LogP contribution in [-0.4, -0.2) is 42.5 Å². The SMILES string of the molecule is CCc1ccccc1CC(=O)N1C[C@@H](OC)C[C@H]1C(N)=O. The number of methoxy groups -OCH3 is 1. The predicted molar refractivity (Wildman–Crippen MR) is 79.6 cm³/mol. The molecular formula is C16H22N2O3. The molecule has 5 nitrogen and oxygen atoms in total. The number of carbonyl (C=O) groups excluding carboxylic acids is 2. The summed E-state index contributed by atoms with van der Waals surface area (Å²) in [6, 6.07) is 7.32. The first-order valence-electron chi connectivity index (χ1n) is 7.25. The average Bonchev–Trinajstić information content (AvgIpc) is 2.92. The lowest BCUT2D eigenvalue weighted by Gasteiger charge is -2.22. The van der Waals surface area contributed by atoms with Crippen molar-refractivity contribution in [1.29, 1.82) is 0 Å². The van der Waals surface area contributed by atoms with Crippen LogP contribution in [0.25, 0.3) is 0 Å². The number of aryl methyl sites for hydroxylation is 1. The summed E-state index contributed by atoms with van der Waals surface area (Å²) in [6.45, 7) is 2.49. The topological polar surface area (TPSA) is 72.6 Å². The molecule has 0 aliphatic carbocycles. The van der Waals surface area contributed by atoms with Crippen LogP contribution >= 0.6 is 0 Å². The third kappa shape index (κ3) is 3.42. The smallest absolute Gasteiger partial charge is 0.240 e. The van der Waals surface area contributed by atoms with Crippen molar-refractivity contribution in [3.63, 3.8) is 0 Å². The van der Waals surface area contributed by atoms with E-state index in [0.717, 1.165) is 17.5 Å². The molecule has 1 saturated heterocycles. The second kappa shape index (κ2) is 6.72. The lowest BCUT2D eigenvalue weighted by molar-refractivity contribution is -0.136. The molecule has 1 aromatic rings. The van der Waals surface area contributed by atoms with Crippen molar-refractivity contribution in [3.8, 4) is 0 Å². The van der Waals surface area contributed by atoms with Gasteiger partial charge < -0.3 is 15.4 Å². The Bertz CT molecular complexity index is 530. The fraction of sp³-hybridized carbons (Fsp3) is 0.500. The highest BCUT2D eigenvalue weighted by molar-refractivity contribution is 5.88. The molecule has 0 radical (unpaired) electrons. The van der Waals surface area contributed by atoms with Gasteiger partial charge in [0.1, 0.15) is 6.04 Å². The molecular weight excluding hydrogens is 268 g/mol. The fourth-order valence-corrected chi connectivity index (χ4v) is 2.85. The molecule has 21 heavy (non-hydrogen) atoms. The normalized spacial score (nSPS) is 21.5. The lowest BCUT2D eigenvalue weighted by Crippen LogP contribution is -2.44. The summed E-state index contributed by atoms with van der Waals surface area (Å²) in [6.07, 6.45) is 1.54. The standard InChI is InChI=1S/C16H22N2O3/c1-3-11-6-4-5-7-12(11)8-15(19)18-10-13(21-2)9-14(18)16(17)20/h4-7,13-14H,3,8-10H2,1-2H3,(H2,17,20)/t13-,14-/m0/s1. The molecule has 0 spiro atoms. The molecule has 1 aliphatic heterocycles. The molecule has 114 valence electrons. The molecule has 5 heteroatoms. The average molecular weight is 290 g/mol. The Morgan fingerprint density at radius 3 is 2.57 bits per heavy atom. The Kier molecular flexibility index (Phi) is 4.96. The van der Waals surface area contributed by atoms with Crippen molar-refractivity contribution >= 4 is 11.8 Å². The van der Waals surface area contributed by atoms with Gasteiger partial charge in [-0.2, -0.15) is 0 Å². The quantitative estimate of drug-likeness (QED) is 0.875. The number of likely N-dealkylation sites (tertiary alicyclic amines) is 1. The van der Waals surface area contributed by atoms with Gasteiger partial charge in [0.15, 0.2) is 0 Å². The van der Waals surface area contributed by atoms with Gasteiger partial charge in [-0.3, -0.25) is 9.59 Å². The van der Waals surface area contributed by atoms with Crippen LogP contribution in [0.3, 0.4) is 0 Å². The van der Waals surface area contributed by atoms with Gasteiger partial charge >= 0.3 is 0 Å². The number of amides is 2. The van der Waals surface area contributed by atoms with Gasteiger partial charge in [0.05, 0.1) is 12.5 Å². The number of rotatable bonds is 5. The highest BCUT2D eigenvalue weighted by Gasteiger charge is 2.38. The van der Waals surface area contributed by atoms with Gasteiger partial charge in [0.2, 0.25) is 11.8 Å². The van der Waals surface area contributed by atoms with E-state index in [9.17, 15) is 9.59 Å². The number of ether oxygens (including phenoxy) is 1. The minimum Gasteiger partial charge on any atom is -0.380 e. The van der Waals surface area contributed by atoms with Crippen molar-refractivity contribution in [1.82, 2.24) is 4.90 Å². The summed E-state index contributed by atoms with van der Waals surface area (Å²) >= 11 is 0. The van der Waals surface area contributed by atoms with Crippen LogP contribution in [0.15, 0.2) is 24.3 Å². The number of hydrogen-bond donors (Lipinski definition) is 1. The Morgan fingerprint density at radius 2 is 2.00 bits per heavy atom. The van der Waals surface area contributed by atoms with Gasteiger partial charge in [0.25, 0.3) is 0 Å². The first-order valence-corrected chi connectivity index (χ1v) is 7.25. The van der Waals surface area contributed by atoms with E-state index in [0.29, 0.717) is 19.4 Å². The molecule has 1 aromatic carbocycles. The third-order valence-electron chi connectivity index (χ3n) is 4.09. The summed E-state index contributed by atoms with van der Waals surface area (Å²) in [7, 11) is 1.59. The second-order valence-corrected chi connectivity index (χ2v) is 5.36. The highest BCUT2D eigenvalue weighted by Crippen LogP contribution is 2.22. The molecule has 1 aliphatic rings. The highest BCUT2D eigenvalue weighted by atomic mass is 16.5. The molecule has 0 bridgehead atoms. The Morgan fingerprint density at radius 1 is 1.33 bits per heavy atom. The zero-order valence-corrected chi connectivity index (χ0v) is 12.5. The molecule has 2 N–H and O–H groups in total. The summed E-state index contributed by atoms with van der Waals surface area (Å²) in [4.78, 5) is 25.6. The van der Waals surface area contributed by atoms with Crippen molar-refractivity contribution < 1.29 is 14.3 Å². The first-order chi connectivity index (χ1) is 10.1. The van der Waals surface area contributed by atoms with Crippen LogP contribution in [0.2, 0.25) is 0 Å². The Labute approximate surface area is 125 Å². The van der Waals surface area contributed by atoms with Gasteiger partial charge in [-0.05, 0) is 17.5 Å². The van der Waals surface area contributed by atoms with E-state index >= 15 is 0 Å². The first kappa shape index (κ1) is 15.5. The van der Waals surface area contributed by atoms with E-state index in [2.05, 4.69) is 6.92 Å². The molecule has 1 fully saturated rings. The van der Waals surface area contributed by atoms with E-state index in [1.54, 1.807) is 12.0 Å². The minimum absolute atomic E-state index is 0.0701. The fourth-order valence-electron chi connectivity index (χ4n) is 2.85. The van der Waals surface area contributed by atoms with E-state index < -0.39 is 11.9 Å². The molecule has 2 atom stereocenters. The number of carbonyl (C=O) groups is 2.